The van der Waals surface area contributed by atoms with Crippen LogP contribution in [0.15, 0.2) is 72.9 Å². The summed E-state index contributed by atoms with van der Waals surface area (Å²) in [6.07, 6.45) is 2.79. The highest BCUT2D eigenvalue weighted by Crippen LogP contribution is 2.29. The Morgan fingerprint density at radius 1 is 0.879 bits per heavy atom. The predicted octanol–water partition coefficient (Wildman–Crippen LogP) is 5.03. The smallest absolute Gasteiger partial charge is 0.222 e. The van der Waals surface area contributed by atoms with Gasteiger partial charge in [-0.05, 0) is 30.2 Å². The molecule has 0 aliphatic carbocycles. The van der Waals surface area contributed by atoms with Crippen LogP contribution in [0.25, 0.3) is 28.0 Å². The molecule has 1 fully saturated rings. The third kappa shape index (κ3) is 4.41. The fraction of sp³-hybridized carbons (Fsp3) is 0.286. The van der Waals surface area contributed by atoms with Crippen molar-refractivity contribution in [1.29, 1.82) is 0 Å². The SMILES string of the molecule is CCC(=O)N1CCN(Cc2c(-c3ccccc3)nc3ccc(-c4cccc(C)c4)cn23)CC1. The van der Waals surface area contributed by atoms with Crippen molar-refractivity contribution in [2.45, 2.75) is 26.8 Å². The van der Waals surface area contributed by atoms with Crippen LogP contribution in [0.3, 0.4) is 0 Å². The Kier molecular flexibility index (Phi) is 5.97. The van der Waals surface area contributed by atoms with E-state index >= 15 is 0 Å². The van der Waals surface area contributed by atoms with Crippen molar-refractivity contribution < 1.29 is 4.79 Å². The highest BCUT2D eigenvalue weighted by molar-refractivity contribution is 5.76. The summed E-state index contributed by atoms with van der Waals surface area (Å²) in [7, 11) is 0. The highest BCUT2D eigenvalue weighted by Gasteiger charge is 2.23. The zero-order valence-electron chi connectivity index (χ0n) is 19.4. The first-order valence-corrected chi connectivity index (χ1v) is 11.8. The minimum atomic E-state index is 0.247. The summed E-state index contributed by atoms with van der Waals surface area (Å²) in [5.74, 6) is 0.247. The van der Waals surface area contributed by atoms with Gasteiger partial charge < -0.3 is 9.30 Å². The lowest BCUT2D eigenvalue weighted by atomic mass is 10.1. The molecule has 0 unspecified atom stereocenters. The van der Waals surface area contributed by atoms with Crippen molar-refractivity contribution in [3.05, 3.63) is 84.2 Å². The monoisotopic (exact) mass is 438 g/mol. The number of amides is 1. The predicted molar refractivity (Wildman–Crippen MR) is 133 cm³/mol. The summed E-state index contributed by atoms with van der Waals surface area (Å²) < 4.78 is 2.25. The molecule has 3 heterocycles. The van der Waals surface area contributed by atoms with Gasteiger partial charge in [0.25, 0.3) is 0 Å². The summed E-state index contributed by atoms with van der Waals surface area (Å²) in [5.41, 5.74) is 7.97. The molecule has 1 aliphatic heterocycles. The van der Waals surface area contributed by atoms with Gasteiger partial charge in [-0.15, -0.1) is 0 Å². The van der Waals surface area contributed by atoms with E-state index in [1.807, 2.05) is 17.9 Å². The van der Waals surface area contributed by atoms with Crippen molar-refractivity contribution >= 4 is 11.6 Å². The molecule has 5 heteroatoms. The molecular weight excluding hydrogens is 408 g/mol. The summed E-state index contributed by atoms with van der Waals surface area (Å²) in [5, 5.41) is 0. The minimum absolute atomic E-state index is 0.247. The molecular formula is C28H30N4O. The lowest BCUT2D eigenvalue weighted by Crippen LogP contribution is -2.48. The topological polar surface area (TPSA) is 40.9 Å². The summed E-state index contributed by atoms with van der Waals surface area (Å²) in [6, 6.07) is 23.3. The molecule has 0 atom stereocenters. The van der Waals surface area contributed by atoms with Crippen molar-refractivity contribution in [2.75, 3.05) is 26.2 Å². The summed E-state index contributed by atoms with van der Waals surface area (Å²) >= 11 is 0. The van der Waals surface area contributed by atoms with Gasteiger partial charge in [0.05, 0.1) is 11.4 Å². The molecule has 2 aromatic carbocycles. The molecule has 5 rings (SSSR count). The van der Waals surface area contributed by atoms with Gasteiger partial charge in [0.15, 0.2) is 0 Å². The van der Waals surface area contributed by atoms with E-state index in [1.165, 1.54) is 22.4 Å². The van der Waals surface area contributed by atoms with Crippen molar-refractivity contribution in [3.63, 3.8) is 0 Å². The number of hydrogen-bond donors (Lipinski definition) is 0. The third-order valence-corrected chi connectivity index (χ3v) is 6.52. The normalized spacial score (nSPS) is 14.7. The highest BCUT2D eigenvalue weighted by atomic mass is 16.2. The van der Waals surface area contributed by atoms with Gasteiger partial charge in [-0.2, -0.15) is 0 Å². The molecule has 0 bridgehead atoms. The second kappa shape index (κ2) is 9.20. The van der Waals surface area contributed by atoms with Crippen LogP contribution >= 0.6 is 0 Å². The Hall–Kier alpha value is -3.44. The van der Waals surface area contributed by atoms with E-state index in [9.17, 15) is 4.79 Å². The van der Waals surface area contributed by atoms with Gasteiger partial charge in [-0.3, -0.25) is 9.69 Å². The maximum absolute atomic E-state index is 12.1. The molecule has 1 amide bonds. The van der Waals surface area contributed by atoms with E-state index in [0.29, 0.717) is 6.42 Å². The molecule has 0 N–H and O–H groups in total. The molecule has 0 spiro atoms. The van der Waals surface area contributed by atoms with Gasteiger partial charge in [-0.1, -0.05) is 67.1 Å². The number of rotatable bonds is 5. The number of carbonyl (C=O) groups is 1. The van der Waals surface area contributed by atoms with Crippen LogP contribution in [0.1, 0.15) is 24.6 Å². The number of fused-ring (bicyclic) bond motifs is 1. The van der Waals surface area contributed by atoms with Crippen LogP contribution in [0.2, 0.25) is 0 Å². The van der Waals surface area contributed by atoms with Crippen LogP contribution in [0.5, 0.6) is 0 Å². The molecule has 1 aliphatic rings. The van der Waals surface area contributed by atoms with Gasteiger partial charge in [0.1, 0.15) is 5.65 Å². The third-order valence-electron chi connectivity index (χ3n) is 6.52. The number of imidazole rings is 1. The fourth-order valence-corrected chi connectivity index (χ4v) is 4.66. The van der Waals surface area contributed by atoms with Gasteiger partial charge in [0, 0.05) is 50.9 Å². The van der Waals surface area contributed by atoms with Crippen molar-refractivity contribution in [3.8, 4) is 22.4 Å². The van der Waals surface area contributed by atoms with E-state index in [1.54, 1.807) is 0 Å². The number of aryl methyl sites for hydroxylation is 1. The van der Waals surface area contributed by atoms with Crippen molar-refractivity contribution in [1.82, 2.24) is 19.2 Å². The van der Waals surface area contributed by atoms with Crippen molar-refractivity contribution in [2.24, 2.45) is 0 Å². The summed E-state index contributed by atoms with van der Waals surface area (Å²) in [4.78, 5) is 21.5. The second-order valence-electron chi connectivity index (χ2n) is 8.80. The first-order valence-electron chi connectivity index (χ1n) is 11.8. The molecule has 0 saturated carbocycles. The molecule has 2 aromatic heterocycles. The van der Waals surface area contributed by atoms with Gasteiger partial charge in [-0.25, -0.2) is 4.98 Å². The quantitative estimate of drug-likeness (QED) is 0.439. The number of aromatic nitrogens is 2. The first kappa shape index (κ1) is 21.4. The maximum atomic E-state index is 12.1. The Morgan fingerprint density at radius 3 is 2.36 bits per heavy atom. The Balaban J connectivity index is 1.53. The molecule has 5 nitrogen and oxygen atoms in total. The molecule has 4 aromatic rings. The van der Waals surface area contributed by atoms with Crippen LogP contribution in [-0.2, 0) is 11.3 Å². The number of pyridine rings is 1. The Bertz CT molecular complexity index is 1270. The Morgan fingerprint density at radius 2 is 1.64 bits per heavy atom. The first-order chi connectivity index (χ1) is 16.1. The molecule has 1 saturated heterocycles. The summed E-state index contributed by atoms with van der Waals surface area (Å²) in [6.45, 7) is 8.20. The number of nitrogens with zero attached hydrogens (tertiary/aromatic N) is 4. The fourth-order valence-electron chi connectivity index (χ4n) is 4.66. The molecule has 0 radical (unpaired) electrons. The van der Waals surface area contributed by atoms with Crippen LogP contribution < -0.4 is 0 Å². The lowest BCUT2D eigenvalue weighted by Gasteiger charge is -2.34. The van der Waals surface area contributed by atoms with Crippen LogP contribution in [-0.4, -0.2) is 51.3 Å². The van der Waals surface area contributed by atoms with Gasteiger partial charge in [0.2, 0.25) is 5.91 Å². The van der Waals surface area contributed by atoms with E-state index in [-0.39, 0.29) is 5.91 Å². The number of carbonyl (C=O) groups excluding carboxylic acids is 1. The average Bonchev–Trinajstić information content (AvgIpc) is 3.22. The van der Waals surface area contributed by atoms with E-state index in [0.717, 1.165) is 49.6 Å². The molecule has 33 heavy (non-hydrogen) atoms. The number of piperazine rings is 1. The molecule has 168 valence electrons. The largest absolute Gasteiger partial charge is 0.340 e. The average molecular weight is 439 g/mol. The zero-order chi connectivity index (χ0) is 22.8. The number of hydrogen-bond acceptors (Lipinski definition) is 3. The Labute approximate surface area is 195 Å². The second-order valence-corrected chi connectivity index (χ2v) is 8.80. The maximum Gasteiger partial charge on any atom is 0.222 e. The lowest BCUT2D eigenvalue weighted by molar-refractivity contribution is -0.132. The van der Waals surface area contributed by atoms with Crippen LogP contribution in [0, 0.1) is 6.92 Å². The van der Waals surface area contributed by atoms with E-state index in [4.69, 9.17) is 4.98 Å². The standard InChI is InChI=1S/C28H30N4O/c1-3-27(33)31-16-14-30(15-17-31)20-25-28(22-9-5-4-6-10-22)29-26-13-12-24(19-32(25)26)23-11-7-8-21(2)18-23/h4-13,18-19H,3,14-17,20H2,1-2H3. The minimum Gasteiger partial charge on any atom is -0.340 e. The number of benzene rings is 2. The van der Waals surface area contributed by atoms with E-state index < -0.39 is 0 Å². The zero-order valence-corrected chi connectivity index (χ0v) is 19.4. The van der Waals surface area contributed by atoms with E-state index in [2.05, 4.69) is 83.1 Å². The van der Waals surface area contributed by atoms with Crippen LogP contribution in [0.4, 0.5) is 0 Å². The van der Waals surface area contributed by atoms with Gasteiger partial charge >= 0.3 is 0 Å².